The molecule has 0 radical (unpaired) electrons. The van der Waals surface area contributed by atoms with Crippen LogP contribution in [-0.2, 0) is 14.4 Å². The van der Waals surface area contributed by atoms with Gasteiger partial charge in [0.15, 0.2) is 6.61 Å². The van der Waals surface area contributed by atoms with Crippen molar-refractivity contribution in [3.63, 3.8) is 0 Å². The number of rotatable bonds is 7. The lowest BCUT2D eigenvalue weighted by molar-refractivity contribution is -0.127. The summed E-state index contributed by atoms with van der Waals surface area (Å²) in [6.45, 7) is -0.292. The maximum Gasteiger partial charge on any atom is 0.265 e. The van der Waals surface area contributed by atoms with Gasteiger partial charge >= 0.3 is 0 Å². The van der Waals surface area contributed by atoms with Crippen molar-refractivity contribution >= 4 is 50.7 Å². The highest BCUT2D eigenvalue weighted by atomic mass is 79.9. The lowest BCUT2D eigenvalue weighted by Gasteiger charge is -2.36. The van der Waals surface area contributed by atoms with Crippen LogP contribution in [0, 0.1) is 0 Å². The molecule has 1 aliphatic heterocycles. The Hall–Kier alpha value is -3.85. The van der Waals surface area contributed by atoms with Crippen LogP contribution in [0.3, 0.4) is 0 Å². The molecular formula is C25H22BrN3O5. The zero-order valence-electron chi connectivity index (χ0n) is 18.3. The summed E-state index contributed by atoms with van der Waals surface area (Å²) < 4.78 is 11.6. The minimum Gasteiger partial charge on any atom is -0.497 e. The third-order valence-electron chi connectivity index (χ3n) is 5.23. The van der Waals surface area contributed by atoms with E-state index >= 15 is 0 Å². The van der Waals surface area contributed by atoms with Gasteiger partial charge in [0.1, 0.15) is 17.5 Å². The topological polar surface area (TPSA) is 97.0 Å². The second-order valence-electron chi connectivity index (χ2n) is 7.51. The van der Waals surface area contributed by atoms with Gasteiger partial charge in [0.25, 0.3) is 5.91 Å². The second-order valence-corrected chi connectivity index (χ2v) is 8.43. The molecule has 1 aliphatic rings. The third-order valence-corrected chi connectivity index (χ3v) is 5.76. The lowest BCUT2D eigenvalue weighted by atomic mass is 10.0. The molecule has 0 spiro atoms. The molecule has 3 aromatic carbocycles. The van der Waals surface area contributed by atoms with Crippen LogP contribution in [0.4, 0.5) is 17.1 Å². The number of carbonyl (C=O) groups is 3. The Morgan fingerprint density at radius 1 is 1.00 bits per heavy atom. The number of methoxy groups -OCH3 is 1. The number of nitrogens with zero attached hydrogens (tertiary/aromatic N) is 1. The summed E-state index contributed by atoms with van der Waals surface area (Å²) in [6.07, 6.45) is -0.226. The molecule has 1 heterocycles. The summed E-state index contributed by atoms with van der Waals surface area (Å²) in [5.41, 5.74) is 1.56. The number of amides is 3. The molecule has 0 bridgehead atoms. The maximum atomic E-state index is 13.2. The number of fused-ring (bicyclic) bond motifs is 1. The average Bonchev–Trinajstić information content (AvgIpc) is 2.84. The molecule has 4 rings (SSSR count). The zero-order valence-corrected chi connectivity index (χ0v) is 19.9. The molecule has 1 atom stereocenters. The van der Waals surface area contributed by atoms with Crippen molar-refractivity contribution < 1.29 is 23.9 Å². The van der Waals surface area contributed by atoms with Gasteiger partial charge in [0.05, 0.1) is 24.9 Å². The normalized spacial score (nSPS) is 14.6. The van der Waals surface area contributed by atoms with E-state index in [0.717, 1.165) is 4.47 Å². The van der Waals surface area contributed by atoms with E-state index in [1.54, 1.807) is 79.9 Å². The number of carbonyl (C=O) groups excluding carboxylic acids is 3. The standard InChI is InChI=1S/C25H22BrN3O5/c1-33-18-12-8-17(9-13-18)27-23(30)14-22-25(32)28-20-4-2-3-5-21(20)29(22)24(31)15-34-19-10-6-16(26)7-11-19/h2-13,22H,14-15H2,1H3,(H,27,30)(H,28,32)/t22-/m0/s1. The van der Waals surface area contributed by atoms with Crippen LogP contribution in [0.1, 0.15) is 6.42 Å². The number of hydrogen-bond acceptors (Lipinski definition) is 5. The molecule has 0 fully saturated rings. The van der Waals surface area contributed by atoms with Crippen molar-refractivity contribution in [1.29, 1.82) is 0 Å². The minimum atomic E-state index is -1.03. The van der Waals surface area contributed by atoms with Crippen LogP contribution in [0.15, 0.2) is 77.3 Å². The van der Waals surface area contributed by atoms with Crippen LogP contribution < -0.4 is 25.0 Å². The Labute approximate surface area is 205 Å². The minimum absolute atomic E-state index is 0.226. The number of hydrogen-bond donors (Lipinski definition) is 2. The first kappa shape index (κ1) is 23.3. The SMILES string of the molecule is COc1ccc(NC(=O)C[C@H]2C(=O)Nc3ccccc3N2C(=O)COc2ccc(Br)cc2)cc1. The van der Waals surface area contributed by atoms with Gasteiger partial charge in [-0.25, -0.2) is 0 Å². The largest absolute Gasteiger partial charge is 0.497 e. The van der Waals surface area contributed by atoms with Crippen LogP contribution in [0.2, 0.25) is 0 Å². The lowest BCUT2D eigenvalue weighted by Crippen LogP contribution is -2.53. The van der Waals surface area contributed by atoms with Gasteiger partial charge in [-0.15, -0.1) is 0 Å². The van der Waals surface area contributed by atoms with E-state index < -0.39 is 23.8 Å². The molecule has 2 N–H and O–H groups in total. The molecule has 0 unspecified atom stereocenters. The Morgan fingerprint density at radius 2 is 1.68 bits per heavy atom. The van der Waals surface area contributed by atoms with Crippen molar-refractivity contribution in [2.24, 2.45) is 0 Å². The Morgan fingerprint density at radius 3 is 2.38 bits per heavy atom. The van der Waals surface area contributed by atoms with Crippen LogP contribution >= 0.6 is 15.9 Å². The first-order chi connectivity index (χ1) is 16.4. The summed E-state index contributed by atoms with van der Waals surface area (Å²) in [5, 5.41) is 5.54. The van der Waals surface area contributed by atoms with E-state index in [9.17, 15) is 14.4 Å². The molecule has 3 amide bonds. The fourth-order valence-electron chi connectivity index (χ4n) is 3.59. The molecule has 0 saturated heterocycles. The van der Waals surface area contributed by atoms with Gasteiger partial charge in [-0.3, -0.25) is 19.3 Å². The highest BCUT2D eigenvalue weighted by molar-refractivity contribution is 9.10. The molecule has 8 nitrogen and oxygen atoms in total. The Kier molecular flexibility index (Phi) is 7.12. The number of anilines is 3. The number of benzene rings is 3. The smallest absolute Gasteiger partial charge is 0.265 e. The molecule has 34 heavy (non-hydrogen) atoms. The quantitative estimate of drug-likeness (QED) is 0.483. The van der Waals surface area contributed by atoms with Gasteiger partial charge in [0.2, 0.25) is 11.8 Å². The van der Waals surface area contributed by atoms with E-state index in [-0.39, 0.29) is 13.0 Å². The van der Waals surface area contributed by atoms with Crippen molar-refractivity contribution in [2.75, 3.05) is 29.3 Å². The van der Waals surface area contributed by atoms with Crippen molar-refractivity contribution in [1.82, 2.24) is 0 Å². The first-order valence-electron chi connectivity index (χ1n) is 10.5. The van der Waals surface area contributed by atoms with Gasteiger partial charge in [-0.1, -0.05) is 28.1 Å². The van der Waals surface area contributed by atoms with Crippen molar-refractivity contribution in [3.8, 4) is 11.5 Å². The summed E-state index contributed by atoms with van der Waals surface area (Å²) in [6, 6.07) is 19.8. The molecule has 174 valence electrons. The summed E-state index contributed by atoms with van der Waals surface area (Å²) in [7, 11) is 1.55. The van der Waals surface area contributed by atoms with Crippen molar-refractivity contribution in [2.45, 2.75) is 12.5 Å². The Bertz CT molecular complexity index is 1200. The fraction of sp³-hybridized carbons (Fsp3) is 0.160. The monoisotopic (exact) mass is 523 g/mol. The first-order valence-corrected chi connectivity index (χ1v) is 11.3. The molecule has 0 aliphatic carbocycles. The number of ether oxygens (including phenoxy) is 2. The molecular weight excluding hydrogens is 502 g/mol. The van der Waals surface area contributed by atoms with Gasteiger partial charge in [-0.05, 0) is 60.7 Å². The maximum absolute atomic E-state index is 13.2. The van der Waals surface area contributed by atoms with E-state index in [1.807, 2.05) is 0 Å². The van der Waals surface area contributed by atoms with Crippen LogP contribution in [0.25, 0.3) is 0 Å². The predicted octanol–water partition coefficient (Wildman–Crippen LogP) is 4.22. The van der Waals surface area contributed by atoms with Crippen molar-refractivity contribution in [3.05, 3.63) is 77.3 Å². The molecule has 0 aromatic heterocycles. The van der Waals surface area contributed by atoms with Crippen LogP contribution in [-0.4, -0.2) is 37.5 Å². The Balaban J connectivity index is 1.52. The second kappa shape index (κ2) is 10.4. The summed E-state index contributed by atoms with van der Waals surface area (Å²) >= 11 is 3.35. The van der Waals surface area contributed by atoms with E-state index in [1.165, 1.54) is 4.90 Å². The summed E-state index contributed by atoms with van der Waals surface area (Å²) in [5.74, 6) is -0.117. The van der Waals surface area contributed by atoms with Gasteiger partial charge in [-0.2, -0.15) is 0 Å². The fourth-order valence-corrected chi connectivity index (χ4v) is 3.85. The third kappa shape index (κ3) is 5.37. The highest BCUT2D eigenvalue weighted by Crippen LogP contribution is 2.33. The van der Waals surface area contributed by atoms with Crippen LogP contribution in [0.5, 0.6) is 11.5 Å². The predicted molar refractivity (Wildman–Crippen MR) is 132 cm³/mol. The van der Waals surface area contributed by atoms with Gasteiger partial charge in [0, 0.05) is 10.2 Å². The van der Waals surface area contributed by atoms with E-state index in [4.69, 9.17) is 9.47 Å². The zero-order chi connectivity index (χ0) is 24.1. The molecule has 3 aromatic rings. The number of halogens is 1. The summed E-state index contributed by atoms with van der Waals surface area (Å²) in [4.78, 5) is 40.3. The highest BCUT2D eigenvalue weighted by Gasteiger charge is 2.38. The van der Waals surface area contributed by atoms with E-state index in [0.29, 0.717) is 28.6 Å². The van der Waals surface area contributed by atoms with E-state index in [2.05, 4.69) is 26.6 Å². The van der Waals surface area contributed by atoms with Gasteiger partial charge < -0.3 is 20.1 Å². The molecule has 0 saturated carbocycles. The molecule has 9 heteroatoms. The average molecular weight is 524 g/mol. The number of nitrogens with one attached hydrogen (secondary N) is 2. The number of para-hydroxylation sites is 2.